The van der Waals surface area contributed by atoms with Gasteiger partial charge in [-0.15, -0.1) is 0 Å². The van der Waals surface area contributed by atoms with E-state index in [-0.39, 0.29) is 0 Å². The molecule has 0 aliphatic rings. The molecule has 2 rings (SSSR count). The van der Waals surface area contributed by atoms with Crippen molar-refractivity contribution in [2.24, 2.45) is 0 Å². The quantitative estimate of drug-likeness (QED) is 0.649. The predicted molar refractivity (Wildman–Crippen MR) is 95.4 cm³/mol. The highest BCUT2D eigenvalue weighted by Crippen LogP contribution is 2.28. The maximum Gasteiger partial charge on any atom is 0.255 e. The molecule has 2 aromatic carbocycles. The van der Waals surface area contributed by atoms with E-state index < -0.39 is 10.0 Å². The van der Waals surface area contributed by atoms with Gasteiger partial charge in [0.25, 0.3) is 10.0 Å². The zero-order chi connectivity index (χ0) is 16.9. The van der Waals surface area contributed by atoms with Gasteiger partial charge in [0, 0.05) is 4.90 Å². The smallest absolute Gasteiger partial charge is 0.255 e. The molecule has 0 aliphatic heterocycles. The molecule has 0 aliphatic carbocycles. The Hall–Kier alpha value is -2.23. The molecule has 23 heavy (non-hydrogen) atoms. The Bertz CT molecular complexity index is 844. The second-order valence-electron chi connectivity index (χ2n) is 4.99. The Morgan fingerprint density at radius 3 is 2.30 bits per heavy atom. The van der Waals surface area contributed by atoms with E-state index in [2.05, 4.69) is 4.72 Å². The molecule has 6 heteroatoms. The number of nitrogens with zero attached hydrogens (tertiary/aromatic N) is 1. The van der Waals surface area contributed by atoms with Crippen LogP contribution in [0, 0.1) is 24.5 Å². The Labute approximate surface area is 140 Å². The van der Waals surface area contributed by atoms with Crippen LogP contribution in [-0.4, -0.2) is 8.42 Å². The van der Waals surface area contributed by atoms with Gasteiger partial charge < -0.3 is 0 Å². The summed E-state index contributed by atoms with van der Waals surface area (Å²) in [5.41, 5.74) is 2.91. The third kappa shape index (κ3) is 4.88. The second-order valence-corrected chi connectivity index (χ2v) is 7.41. The summed E-state index contributed by atoms with van der Waals surface area (Å²) in [5, 5.41) is 11.9. The number of nitrogens with one attached hydrogen (secondary N) is 1. The standard InChI is InChI=1S/C17H16N2O2S2/c1-13-10-16(22-12-18)11-14(2)17(13)19-23(20,21)9-8-15-6-4-3-5-7-15/h3-11,19H,1-2H3/b9-8+. The van der Waals surface area contributed by atoms with Gasteiger partial charge in [-0.1, -0.05) is 30.3 Å². The topological polar surface area (TPSA) is 70.0 Å². The number of nitriles is 1. The Balaban J connectivity index is 2.24. The zero-order valence-corrected chi connectivity index (χ0v) is 14.4. The SMILES string of the molecule is Cc1cc(SC#N)cc(C)c1NS(=O)(=O)/C=C/c1ccccc1. The molecule has 0 amide bonds. The molecule has 2 aromatic rings. The number of thiocyanates is 1. The summed E-state index contributed by atoms with van der Waals surface area (Å²) >= 11 is 1.05. The first-order valence-electron chi connectivity index (χ1n) is 6.84. The van der Waals surface area contributed by atoms with Crippen LogP contribution in [0.1, 0.15) is 16.7 Å². The van der Waals surface area contributed by atoms with Crippen LogP contribution in [0.15, 0.2) is 52.8 Å². The first-order valence-corrected chi connectivity index (χ1v) is 9.21. The molecule has 1 N–H and O–H groups in total. The van der Waals surface area contributed by atoms with Crippen molar-refractivity contribution in [3.8, 4) is 5.40 Å². The maximum atomic E-state index is 12.2. The van der Waals surface area contributed by atoms with Gasteiger partial charge in [0.2, 0.25) is 0 Å². The summed E-state index contributed by atoms with van der Waals surface area (Å²) in [4.78, 5) is 0.797. The highest BCUT2D eigenvalue weighted by Gasteiger charge is 2.12. The molecular weight excluding hydrogens is 328 g/mol. The summed E-state index contributed by atoms with van der Waals surface area (Å²) < 4.78 is 27.1. The van der Waals surface area contributed by atoms with Gasteiger partial charge in [-0.05, 0) is 60.5 Å². The molecule has 118 valence electrons. The number of rotatable bonds is 5. The van der Waals surface area contributed by atoms with Crippen LogP contribution >= 0.6 is 11.8 Å². The maximum absolute atomic E-state index is 12.2. The molecule has 0 spiro atoms. The van der Waals surface area contributed by atoms with Gasteiger partial charge >= 0.3 is 0 Å². The molecule has 0 unspecified atom stereocenters. The summed E-state index contributed by atoms with van der Waals surface area (Å²) in [6, 6.07) is 12.8. The van der Waals surface area contributed by atoms with Crippen molar-refractivity contribution in [1.82, 2.24) is 0 Å². The zero-order valence-electron chi connectivity index (χ0n) is 12.8. The van der Waals surface area contributed by atoms with Crippen molar-refractivity contribution in [3.63, 3.8) is 0 Å². The van der Waals surface area contributed by atoms with Crippen molar-refractivity contribution in [3.05, 3.63) is 64.6 Å². The fourth-order valence-electron chi connectivity index (χ4n) is 2.10. The number of hydrogen-bond acceptors (Lipinski definition) is 4. The third-order valence-electron chi connectivity index (χ3n) is 3.15. The van der Waals surface area contributed by atoms with E-state index in [4.69, 9.17) is 5.26 Å². The largest absolute Gasteiger partial charge is 0.280 e. The normalized spacial score (nSPS) is 11.3. The van der Waals surface area contributed by atoms with E-state index >= 15 is 0 Å². The average molecular weight is 344 g/mol. The van der Waals surface area contributed by atoms with Gasteiger partial charge in [-0.3, -0.25) is 4.72 Å². The first kappa shape index (κ1) is 17.1. The molecular formula is C17H16N2O2S2. The number of sulfonamides is 1. The molecule has 4 nitrogen and oxygen atoms in total. The molecule has 0 bridgehead atoms. The number of thioether (sulfide) groups is 1. The van der Waals surface area contributed by atoms with Gasteiger partial charge in [0.05, 0.1) is 11.1 Å². The molecule has 0 radical (unpaired) electrons. The van der Waals surface area contributed by atoms with Crippen LogP contribution in [-0.2, 0) is 10.0 Å². The van der Waals surface area contributed by atoms with E-state index in [1.807, 2.05) is 49.6 Å². The average Bonchev–Trinajstić information content (AvgIpc) is 2.51. The monoisotopic (exact) mass is 344 g/mol. The summed E-state index contributed by atoms with van der Waals surface area (Å²) in [5.74, 6) is 0. The molecule has 0 atom stereocenters. The van der Waals surface area contributed by atoms with E-state index in [1.54, 1.807) is 18.2 Å². The van der Waals surface area contributed by atoms with Crippen LogP contribution in [0.4, 0.5) is 5.69 Å². The van der Waals surface area contributed by atoms with Crippen molar-refractivity contribution < 1.29 is 8.42 Å². The molecule has 0 heterocycles. The third-order valence-corrected chi connectivity index (χ3v) is 4.70. The van der Waals surface area contributed by atoms with Gasteiger partial charge in [0.15, 0.2) is 0 Å². The van der Waals surface area contributed by atoms with E-state index in [1.165, 1.54) is 0 Å². The lowest BCUT2D eigenvalue weighted by Crippen LogP contribution is -2.11. The number of hydrogen-bond donors (Lipinski definition) is 1. The number of benzene rings is 2. The fraction of sp³-hybridized carbons (Fsp3) is 0.118. The van der Waals surface area contributed by atoms with Gasteiger partial charge in [-0.2, -0.15) is 5.26 Å². The minimum absolute atomic E-state index is 0.546. The van der Waals surface area contributed by atoms with E-state index in [0.717, 1.165) is 38.8 Å². The predicted octanol–water partition coefficient (Wildman–Crippen LogP) is 4.29. The van der Waals surface area contributed by atoms with Crippen molar-refractivity contribution in [1.29, 1.82) is 5.26 Å². The van der Waals surface area contributed by atoms with E-state index in [0.29, 0.717) is 5.69 Å². The Kier molecular flexibility index (Phi) is 5.48. The van der Waals surface area contributed by atoms with Crippen molar-refractivity contribution >= 4 is 33.5 Å². The van der Waals surface area contributed by atoms with Gasteiger partial charge in [0.1, 0.15) is 5.40 Å². The van der Waals surface area contributed by atoms with Crippen molar-refractivity contribution in [2.75, 3.05) is 4.72 Å². The van der Waals surface area contributed by atoms with Crippen LogP contribution in [0.25, 0.3) is 6.08 Å². The Morgan fingerprint density at radius 1 is 1.13 bits per heavy atom. The fourth-order valence-corrected chi connectivity index (χ4v) is 3.69. The van der Waals surface area contributed by atoms with Crippen LogP contribution in [0.5, 0.6) is 0 Å². The number of aryl methyl sites for hydroxylation is 2. The summed E-state index contributed by atoms with van der Waals surface area (Å²) in [7, 11) is -3.61. The lowest BCUT2D eigenvalue weighted by Gasteiger charge is -2.12. The van der Waals surface area contributed by atoms with Crippen molar-refractivity contribution in [2.45, 2.75) is 18.7 Å². The summed E-state index contributed by atoms with van der Waals surface area (Å²) in [6.07, 6.45) is 1.55. The van der Waals surface area contributed by atoms with Crippen LogP contribution in [0.2, 0.25) is 0 Å². The minimum atomic E-state index is -3.61. The van der Waals surface area contributed by atoms with Crippen LogP contribution < -0.4 is 4.72 Å². The first-order chi connectivity index (χ1) is 10.9. The lowest BCUT2D eigenvalue weighted by molar-refractivity contribution is 0.609. The molecule has 0 saturated heterocycles. The molecule has 0 saturated carbocycles. The highest BCUT2D eigenvalue weighted by atomic mass is 32.2. The van der Waals surface area contributed by atoms with E-state index in [9.17, 15) is 8.42 Å². The second kappa shape index (κ2) is 7.36. The lowest BCUT2D eigenvalue weighted by atomic mass is 10.1. The van der Waals surface area contributed by atoms with Gasteiger partial charge in [-0.25, -0.2) is 8.42 Å². The molecule has 0 fully saturated rings. The number of anilines is 1. The Morgan fingerprint density at radius 2 is 1.74 bits per heavy atom. The van der Waals surface area contributed by atoms with Crippen LogP contribution in [0.3, 0.4) is 0 Å². The molecule has 0 aromatic heterocycles. The summed E-state index contributed by atoms with van der Waals surface area (Å²) in [6.45, 7) is 3.63. The highest BCUT2D eigenvalue weighted by molar-refractivity contribution is 8.03. The minimum Gasteiger partial charge on any atom is -0.280 e.